The topological polar surface area (TPSA) is 106 Å². The van der Waals surface area contributed by atoms with E-state index < -0.39 is 23.5 Å². The fraction of sp³-hybridized carbons (Fsp3) is 0.233. The largest absolute Gasteiger partial charge is 0.366 e. The minimum absolute atomic E-state index is 0.270. The van der Waals surface area contributed by atoms with Crippen LogP contribution in [0.25, 0.3) is 12.2 Å². The van der Waals surface area contributed by atoms with Gasteiger partial charge in [0.2, 0.25) is 11.7 Å². The van der Waals surface area contributed by atoms with Gasteiger partial charge in [-0.1, -0.05) is 92.7 Å². The molecular weight excluding hydrogens is 450 g/mol. The van der Waals surface area contributed by atoms with Gasteiger partial charge in [0, 0.05) is 12.1 Å². The monoisotopic (exact) mass is 483 g/mol. The second-order valence-electron chi connectivity index (χ2n) is 8.68. The van der Waals surface area contributed by atoms with Crippen LogP contribution in [-0.2, 0) is 22.6 Å². The molecule has 0 aliphatic carbocycles. The summed E-state index contributed by atoms with van der Waals surface area (Å²) in [5.74, 6) is -3.19. The molecule has 186 valence electrons. The Bertz CT molecular complexity index is 1230. The summed E-state index contributed by atoms with van der Waals surface area (Å²) in [5.41, 5.74) is 15.4. The van der Waals surface area contributed by atoms with Gasteiger partial charge in [0.05, 0.1) is 5.92 Å². The number of Topliss-reactive ketones (excluding diaryl/α,β-unsaturated/α-hetero) is 1. The van der Waals surface area contributed by atoms with Crippen molar-refractivity contribution < 1.29 is 14.4 Å². The number of ketones is 1. The third-order valence-electron chi connectivity index (χ3n) is 6.35. The van der Waals surface area contributed by atoms with Gasteiger partial charge in [0.25, 0.3) is 5.91 Å². The molecule has 0 bridgehead atoms. The normalized spacial score (nSPS) is 12.1. The van der Waals surface area contributed by atoms with Gasteiger partial charge in [0.15, 0.2) is 0 Å². The molecule has 36 heavy (non-hydrogen) atoms. The zero-order valence-electron chi connectivity index (χ0n) is 20.8. The highest BCUT2D eigenvalue weighted by atomic mass is 16.2. The second kappa shape index (κ2) is 12.6. The van der Waals surface area contributed by atoms with Crippen LogP contribution in [0.2, 0.25) is 0 Å². The van der Waals surface area contributed by atoms with Crippen LogP contribution in [0, 0.1) is 0 Å². The molecule has 0 aliphatic rings. The van der Waals surface area contributed by atoms with Gasteiger partial charge in [-0.2, -0.15) is 0 Å². The number of carbonyl (C=O) groups is 3. The molecule has 0 heterocycles. The molecule has 0 radical (unpaired) electrons. The van der Waals surface area contributed by atoms with Gasteiger partial charge in [-0.25, -0.2) is 0 Å². The summed E-state index contributed by atoms with van der Waals surface area (Å²) in [5, 5.41) is 0. The zero-order valence-corrected chi connectivity index (χ0v) is 20.8. The number of hydrogen-bond donors (Lipinski definition) is 2. The van der Waals surface area contributed by atoms with Crippen LogP contribution in [-0.4, -0.2) is 35.6 Å². The fourth-order valence-electron chi connectivity index (χ4n) is 4.27. The molecule has 0 aliphatic heterocycles. The molecular formula is C30H33N3O3. The molecule has 1 atom stereocenters. The standard InChI is InChI=1S/C30H33N3O3/c1-3-33(4-2)20-23-15-13-21(14-16-23)17-18-25-24(11-8-12-26(25)29(31)35)27(28(34)30(32)36)19-22-9-6-5-7-10-22/h5-18,27H,3-4,19-20H2,1-2H3,(H2,31,35)(H2,32,36). The van der Waals surface area contributed by atoms with E-state index in [1.54, 1.807) is 24.3 Å². The Morgan fingerprint density at radius 1 is 0.806 bits per heavy atom. The summed E-state index contributed by atoms with van der Waals surface area (Å²) in [6, 6.07) is 22.6. The number of rotatable bonds is 12. The number of hydrogen-bond acceptors (Lipinski definition) is 4. The van der Waals surface area contributed by atoms with E-state index in [9.17, 15) is 14.4 Å². The Hall–Kier alpha value is -4.03. The van der Waals surface area contributed by atoms with Crippen molar-refractivity contribution >= 4 is 29.7 Å². The Kier molecular flexibility index (Phi) is 9.31. The Morgan fingerprint density at radius 2 is 1.47 bits per heavy atom. The van der Waals surface area contributed by atoms with Gasteiger partial charge in [0.1, 0.15) is 0 Å². The first-order chi connectivity index (χ1) is 17.3. The van der Waals surface area contributed by atoms with Crippen LogP contribution in [0.3, 0.4) is 0 Å². The summed E-state index contributed by atoms with van der Waals surface area (Å²) in [7, 11) is 0. The molecule has 3 aromatic carbocycles. The van der Waals surface area contributed by atoms with Crippen LogP contribution in [0.4, 0.5) is 0 Å². The lowest BCUT2D eigenvalue weighted by atomic mass is 9.83. The molecule has 0 saturated carbocycles. The van der Waals surface area contributed by atoms with E-state index in [1.807, 2.05) is 48.5 Å². The minimum Gasteiger partial charge on any atom is -0.366 e. The van der Waals surface area contributed by atoms with Gasteiger partial charge in [-0.05, 0) is 53.4 Å². The molecule has 0 aromatic heterocycles. The zero-order chi connectivity index (χ0) is 26.1. The third-order valence-corrected chi connectivity index (χ3v) is 6.35. The van der Waals surface area contributed by atoms with E-state index in [0.29, 0.717) is 11.1 Å². The van der Waals surface area contributed by atoms with Gasteiger partial charge >= 0.3 is 0 Å². The van der Waals surface area contributed by atoms with Crippen molar-refractivity contribution in [3.05, 3.63) is 106 Å². The molecule has 6 heteroatoms. The van der Waals surface area contributed by atoms with Crippen molar-refractivity contribution in [2.45, 2.75) is 32.7 Å². The van der Waals surface area contributed by atoms with Crippen molar-refractivity contribution in [1.82, 2.24) is 4.90 Å². The van der Waals surface area contributed by atoms with E-state index in [1.165, 1.54) is 5.56 Å². The van der Waals surface area contributed by atoms with Crippen LogP contribution >= 0.6 is 0 Å². The van der Waals surface area contributed by atoms with Gasteiger partial charge < -0.3 is 11.5 Å². The predicted molar refractivity (Wildman–Crippen MR) is 144 cm³/mol. The lowest BCUT2D eigenvalue weighted by molar-refractivity contribution is -0.136. The maximum Gasteiger partial charge on any atom is 0.285 e. The molecule has 2 amide bonds. The Labute approximate surface area is 212 Å². The van der Waals surface area contributed by atoms with Crippen LogP contribution in [0.15, 0.2) is 72.8 Å². The Morgan fingerprint density at radius 3 is 2.06 bits per heavy atom. The van der Waals surface area contributed by atoms with Crippen LogP contribution in [0.5, 0.6) is 0 Å². The molecule has 0 fully saturated rings. The lowest BCUT2D eigenvalue weighted by Gasteiger charge is -2.19. The van der Waals surface area contributed by atoms with Crippen LogP contribution in [0.1, 0.15) is 57.9 Å². The fourth-order valence-corrected chi connectivity index (χ4v) is 4.27. The summed E-state index contributed by atoms with van der Waals surface area (Å²) < 4.78 is 0. The average molecular weight is 484 g/mol. The molecule has 0 saturated heterocycles. The van der Waals surface area contributed by atoms with Crippen molar-refractivity contribution in [3.63, 3.8) is 0 Å². The highest BCUT2D eigenvalue weighted by Gasteiger charge is 2.28. The molecule has 3 rings (SSSR count). The van der Waals surface area contributed by atoms with E-state index >= 15 is 0 Å². The first kappa shape index (κ1) is 26.6. The van der Waals surface area contributed by atoms with E-state index in [0.717, 1.165) is 30.8 Å². The maximum atomic E-state index is 12.9. The summed E-state index contributed by atoms with van der Waals surface area (Å²) in [6.07, 6.45) is 3.92. The summed E-state index contributed by atoms with van der Waals surface area (Å²) in [4.78, 5) is 39.5. The van der Waals surface area contributed by atoms with E-state index in [-0.39, 0.29) is 12.0 Å². The average Bonchev–Trinajstić information content (AvgIpc) is 2.89. The minimum atomic E-state index is -1.01. The van der Waals surface area contributed by atoms with E-state index in [4.69, 9.17) is 11.5 Å². The highest BCUT2D eigenvalue weighted by molar-refractivity contribution is 6.37. The maximum absolute atomic E-state index is 12.9. The Balaban J connectivity index is 2.00. The summed E-state index contributed by atoms with van der Waals surface area (Å²) in [6.45, 7) is 7.13. The third kappa shape index (κ3) is 6.77. The SMILES string of the molecule is CCN(CC)Cc1ccc(C=Cc2c(C(N)=O)cccc2C(Cc2ccccc2)C(=O)C(N)=O)cc1. The first-order valence-electron chi connectivity index (χ1n) is 12.1. The smallest absolute Gasteiger partial charge is 0.285 e. The lowest BCUT2D eigenvalue weighted by Crippen LogP contribution is -2.30. The number of nitrogens with zero attached hydrogens (tertiary/aromatic N) is 1. The van der Waals surface area contributed by atoms with Crippen LogP contribution < -0.4 is 11.5 Å². The van der Waals surface area contributed by atoms with Gasteiger partial charge in [-0.3, -0.25) is 19.3 Å². The predicted octanol–water partition coefficient (Wildman–Crippen LogP) is 4.18. The molecule has 4 N–H and O–H groups in total. The van der Waals surface area contributed by atoms with Crippen molar-refractivity contribution in [2.24, 2.45) is 11.5 Å². The summed E-state index contributed by atoms with van der Waals surface area (Å²) >= 11 is 0. The molecule has 3 aromatic rings. The highest BCUT2D eigenvalue weighted by Crippen LogP contribution is 2.29. The molecule has 0 spiro atoms. The number of primary amides is 2. The number of benzene rings is 3. The van der Waals surface area contributed by atoms with Crippen molar-refractivity contribution in [3.8, 4) is 0 Å². The quantitative estimate of drug-likeness (QED) is 0.298. The van der Waals surface area contributed by atoms with Gasteiger partial charge in [-0.15, -0.1) is 0 Å². The molecule has 1 unspecified atom stereocenters. The molecule has 6 nitrogen and oxygen atoms in total. The number of nitrogens with two attached hydrogens (primary N) is 2. The van der Waals surface area contributed by atoms with Crippen molar-refractivity contribution in [1.29, 1.82) is 0 Å². The van der Waals surface area contributed by atoms with E-state index in [2.05, 4.69) is 30.9 Å². The number of amides is 2. The first-order valence-corrected chi connectivity index (χ1v) is 12.1. The number of carbonyl (C=O) groups excluding carboxylic acids is 3. The second-order valence-corrected chi connectivity index (χ2v) is 8.68. The van der Waals surface area contributed by atoms with Crippen molar-refractivity contribution in [2.75, 3.05) is 13.1 Å².